The molecule has 0 aliphatic carbocycles. The van der Waals surface area contributed by atoms with Crippen LogP contribution in [-0.2, 0) is 0 Å². The molecule has 0 saturated carbocycles. The first kappa shape index (κ1) is 7.55. The van der Waals surface area contributed by atoms with Crippen molar-refractivity contribution in [2.45, 2.75) is 25.3 Å². The van der Waals surface area contributed by atoms with Gasteiger partial charge in [-0.1, -0.05) is 24.8 Å². The highest BCUT2D eigenvalue weighted by Gasteiger charge is 2.10. The summed E-state index contributed by atoms with van der Waals surface area (Å²) < 4.78 is 0. The third-order valence-corrected chi connectivity index (χ3v) is 1.86. The van der Waals surface area contributed by atoms with E-state index in [0.29, 0.717) is 0 Å². The van der Waals surface area contributed by atoms with Gasteiger partial charge in [0, 0.05) is 6.04 Å². The van der Waals surface area contributed by atoms with Gasteiger partial charge in [0.05, 0.1) is 0 Å². The van der Waals surface area contributed by atoms with Crippen molar-refractivity contribution in [2.75, 3.05) is 6.54 Å². The van der Waals surface area contributed by atoms with E-state index in [9.17, 15) is 0 Å². The number of hydrogen-bond donors (Lipinski definition) is 1. The number of nitrogens with one attached hydrogen (secondary N) is 1. The third-order valence-electron chi connectivity index (χ3n) is 1.86. The maximum Gasteiger partial charge on any atom is 0.0102 e. The largest absolute Gasteiger partial charge is 0.314 e. The summed E-state index contributed by atoms with van der Waals surface area (Å²) in [5, 5.41) is 3.43. The molecule has 0 aromatic carbocycles. The number of hydrogen-bond acceptors (Lipinski definition) is 1. The van der Waals surface area contributed by atoms with Crippen molar-refractivity contribution in [2.24, 2.45) is 0 Å². The molecule has 0 radical (unpaired) electrons. The molecule has 1 heterocycles. The van der Waals surface area contributed by atoms with E-state index in [2.05, 4.69) is 18.0 Å². The Morgan fingerprint density at radius 1 is 1.60 bits per heavy atom. The molecule has 1 aliphatic heterocycles. The Bertz CT molecular complexity index is 121. The van der Waals surface area contributed by atoms with Crippen molar-refractivity contribution in [3.63, 3.8) is 0 Å². The molecule has 1 heteroatoms. The molecule has 1 nitrogen and oxygen atoms in total. The normalized spacial score (nSPS) is 25.8. The SMILES string of the molecule is C=CC=CCC1CCCN1. The molecule has 0 amide bonds. The molecule has 0 aromatic heterocycles. The van der Waals surface area contributed by atoms with Gasteiger partial charge in [0.2, 0.25) is 0 Å². The smallest absolute Gasteiger partial charge is 0.0102 e. The Hall–Kier alpha value is -0.560. The van der Waals surface area contributed by atoms with Crippen molar-refractivity contribution in [1.82, 2.24) is 5.32 Å². The summed E-state index contributed by atoms with van der Waals surface area (Å²) in [5.74, 6) is 0. The topological polar surface area (TPSA) is 12.0 Å². The lowest BCUT2D eigenvalue weighted by molar-refractivity contribution is 0.614. The molecule has 0 bridgehead atoms. The van der Waals surface area contributed by atoms with Crippen LogP contribution in [0.5, 0.6) is 0 Å². The van der Waals surface area contributed by atoms with E-state index in [-0.39, 0.29) is 0 Å². The summed E-state index contributed by atoms with van der Waals surface area (Å²) in [6, 6.07) is 0.733. The predicted octanol–water partition coefficient (Wildman–Crippen LogP) is 1.87. The number of allylic oxidation sites excluding steroid dienone is 2. The van der Waals surface area contributed by atoms with E-state index >= 15 is 0 Å². The summed E-state index contributed by atoms with van der Waals surface area (Å²) >= 11 is 0. The van der Waals surface area contributed by atoms with E-state index in [4.69, 9.17) is 0 Å². The van der Waals surface area contributed by atoms with Crippen LogP contribution in [0.2, 0.25) is 0 Å². The highest BCUT2D eigenvalue weighted by Crippen LogP contribution is 2.08. The lowest BCUT2D eigenvalue weighted by atomic mass is 10.1. The zero-order valence-electron chi connectivity index (χ0n) is 6.34. The monoisotopic (exact) mass is 137 g/mol. The van der Waals surface area contributed by atoms with Gasteiger partial charge < -0.3 is 5.32 Å². The summed E-state index contributed by atoms with van der Waals surface area (Å²) in [6.07, 6.45) is 9.85. The van der Waals surface area contributed by atoms with E-state index in [1.54, 1.807) is 0 Å². The van der Waals surface area contributed by atoms with Crippen LogP contribution in [0.25, 0.3) is 0 Å². The van der Waals surface area contributed by atoms with Crippen LogP contribution in [0.3, 0.4) is 0 Å². The quantitative estimate of drug-likeness (QED) is 0.585. The van der Waals surface area contributed by atoms with E-state index < -0.39 is 0 Å². The lowest BCUT2D eigenvalue weighted by Gasteiger charge is -2.03. The second-order valence-corrected chi connectivity index (χ2v) is 2.69. The highest BCUT2D eigenvalue weighted by molar-refractivity contribution is 4.99. The maximum absolute atomic E-state index is 3.62. The minimum Gasteiger partial charge on any atom is -0.314 e. The van der Waals surface area contributed by atoms with Gasteiger partial charge in [-0.05, 0) is 25.8 Å². The van der Waals surface area contributed by atoms with Crippen LogP contribution in [0.15, 0.2) is 24.8 Å². The second kappa shape index (κ2) is 4.29. The van der Waals surface area contributed by atoms with Crippen LogP contribution < -0.4 is 5.32 Å². The van der Waals surface area contributed by atoms with Crippen LogP contribution in [-0.4, -0.2) is 12.6 Å². The van der Waals surface area contributed by atoms with Crippen molar-refractivity contribution >= 4 is 0 Å². The maximum atomic E-state index is 3.62. The summed E-state index contributed by atoms with van der Waals surface area (Å²) in [4.78, 5) is 0. The van der Waals surface area contributed by atoms with Crippen molar-refractivity contribution in [3.05, 3.63) is 24.8 Å². The van der Waals surface area contributed by atoms with Gasteiger partial charge >= 0.3 is 0 Å². The molecule has 1 saturated heterocycles. The van der Waals surface area contributed by atoms with E-state index in [1.807, 2.05) is 12.2 Å². The average Bonchev–Trinajstić information content (AvgIpc) is 2.41. The highest BCUT2D eigenvalue weighted by atomic mass is 14.9. The molecule has 0 spiro atoms. The minimum absolute atomic E-state index is 0.733. The van der Waals surface area contributed by atoms with Gasteiger partial charge in [0.15, 0.2) is 0 Å². The van der Waals surface area contributed by atoms with Gasteiger partial charge in [0.25, 0.3) is 0 Å². The van der Waals surface area contributed by atoms with Crippen molar-refractivity contribution in [3.8, 4) is 0 Å². The molecule has 1 rings (SSSR count). The first-order valence-corrected chi connectivity index (χ1v) is 3.94. The Kier molecular flexibility index (Phi) is 3.23. The van der Waals surface area contributed by atoms with Gasteiger partial charge in [-0.3, -0.25) is 0 Å². The first-order valence-electron chi connectivity index (χ1n) is 3.94. The molecule has 0 aromatic rings. The van der Waals surface area contributed by atoms with E-state index in [0.717, 1.165) is 12.5 Å². The Morgan fingerprint density at radius 2 is 2.50 bits per heavy atom. The van der Waals surface area contributed by atoms with Crippen molar-refractivity contribution < 1.29 is 0 Å². The Balaban J connectivity index is 2.12. The van der Waals surface area contributed by atoms with Crippen LogP contribution in [0, 0.1) is 0 Å². The lowest BCUT2D eigenvalue weighted by Crippen LogP contribution is -2.19. The fourth-order valence-electron chi connectivity index (χ4n) is 1.30. The van der Waals surface area contributed by atoms with E-state index in [1.165, 1.54) is 19.4 Å². The molecule has 56 valence electrons. The standard InChI is InChI=1S/C9H15N/c1-2-3-4-6-9-7-5-8-10-9/h2-4,9-10H,1,5-8H2. The van der Waals surface area contributed by atoms with Crippen LogP contribution in [0.4, 0.5) is 0 Å². The fraction of sp³-hybridized carbons (Fsp3) is 0.556. The summed E-state index contributed by atoms with van der Waals surface area (Å²) in [5.41, 5.74) is 0. The fourth-order valence-corrected chi connectivity index (χ4v) is 1.30. The zero-order chi connectivity index (χ0) is 7.23. The molecular formula is C9H15N. The Morgan fingerprint density at radius 3 is 3.10 bits per heavy atom. The molecule has 1 unspecified atom stereocenters. The van der Waals surface area contributed by atoms with Gasteiger partial charge in [-0.2, -0.15) is 0 Å². The molecule has 10 heavy (non-hydrogen) atoms. The van der Waals surface area contributed by atoms with Gasteiger partial charge in [-0.15, -0.1) is 0 Å². The second-order valence-electron chi connectivity index (χ2n) is 2.69. The molecular weight excluding hydrogens is 122 g/mol. The molecule has 1 fully saturated rings. The van der Waals surface area contributed by atoms with Crippen LogP contribution >= 0.6 is 0 Å². The predicted molar refractivity (Wildman–Crippen MR) is 45.0 cm³/mol. The molecule has 1 atom stereocenters. The minimum atomic E-state index is 0.733. The molecule has 1 N–H and O–H groups in total. The molecule has 1 aliphatic rings. The first-order chi connectivity index (χ1) is 4.93. The average molecular weight is 137 g/mol. The van der Waals surface area contributed by atoms with Crippen molar-refractivity contribution in [1.29, 1.82) is 0 Å². The van der Waals surface area contributed by atoms with Crippen LogP contribution in [0.1, 0.15) is 19.3 Å². The summed E-state index contributed by atoms with van der Waals surface area (Å²) in [6.45, 7) is 4.82. The Labute approximate surface area is 62.8 Å². The zero-order valence-corrected chi connectivity index (χ0v) is 6.34. The third kappa shape index (κ3) is 2.36. The van der Waals surface area contributed by atoms with Gasteiger partial charge in [0.1, 0.15) is 0 Å². The number of rotatable bonds is 3. The van der Waals surface area contributed by atoms with Gasteiger partial charge in [-0.25, -0.2) is 0 Å². The summed E-state index contributed by atoms with van der Waals surface area (Å²) in [7, 11) is 0.